The van der Waals surface area contributed by atoms with E-state index in [0.29, 0.717) is 0 Å². The van der Waals surface area contributed by atoms with Gasteiger partial charge in [0.1, 0.15) is 0 Å². The van der Waals surface area contributed by atoms with Crippen molar-refractivity contribution < 1.29 is 23.8 Å². The number of halogens is 2. The summed E-state index contributed by atoms with van der Waals surface area (Å²) >= 11 is 10.9. The van der Waals surface area contributed by atoms with Gasteiger partial charge in [0.25, 0.3) is 0 Å². The van der Waals surface area contributed by atoms with Gasteiger partial charge in [0.05, 0.1) is 26.2 Å². The van der Waals surface area contributed by atoms with Crippen molar-refractivity contribution in [3.05, 3.63) is 11.8 Å². The molecule has 0 aliphatic rings. The van der Waals surface area contributed by atoms with Crippen LogP contribution in [0, 0.1) is 0 Å². The molecule has 0 N–H and O–H groups in total. The molecule has 0 aliphatic heterocycles. The average Bonchev–Trinajstić information content (AvgIpc) is 2.26. The van der Waals surface area contributed by atoms with Gasteiger partial charge in [-0.15, -0.1) is 11.6 Å². The monoisotopic (exact) mass is 256 g/mol. The normalized spacial score (nSPS) is 12.9. The van der Waals surface area contributed by atoms with E-state index in [-0.39, 0.29) is 11.6 Å². The Hall–Kier alpha value is -0.940. The summed E-state index contributed by atoms with van der Waals surface area (Å²) in [5.41, 5.74) is -0.929. The Balaban J connectivity index is 4.65. The molecule has 0 radical (unpaired) electrons. The van der Waals surface area contributed by atoms with Crippen LogP contribution in [0.3, 0.4) is 0 Å². The topological polar surface area (TPSA) is 61.8 Å². The molecule has 0 aliphatic carbocycles. The van der Waals surface area contributed by atoms with E-state index in [1.807, 2.05) is 0 Å². The van der Waals surface area contributed by atoms with Crippen molar-refractivity contribution in [3.63, 3.8) is 0 Å². The van der Waals surface area contributed by atoms with Crippen LogP contribution in [0.25, 0.3) is 0 Å². The van der Waals surface area contributed by atoms with Gasteiger partial charge < -0.3 is 14.2 Å². The van der Waals surface area contributed by atoms with Crippen LogP contribution >= 0.6 is 23.2 Å². The Morgan fingerprint density at radius 2 is 1.93 bits per heavy atom. The third-order valence-electron chi connectivity index (χ3n) is 1.21. The average molecular weight is 257 g/mol. The van der Waals surface area contributed by atoms with Gasteiger partial charge in [-0.05, 0) is 0 Å². The fourth-order valence-corrected chi connectivity index (χ4v) is 0.736. The second-order valence-electron chi connectivity index (χ2n) is 2.21. The Labute approximate surface area is 96.9 Å². The number of carbonyl (C=O) groups is 2. The molecule has 5 nitrogen and oxygen atoms in total. The van der Waals surface area contributed by atoms with E-state index in [4.69, 9.17) is 27.9 Å². The molecule has 0 spiro atoms. The number of rotatable bonds is 5. The summed E-state index contributed by atoms with van der Waals surface area (Å²) in [7, 11) is 2.30. The lowest BCUT2D eigenvalue weighted by atomic mass is 10.4. The summed E-state index contributed by atoms with van der Waals surface area (Å²) in [5.74, 6) is -1.99. The predicted octanol–water partition coefficient (Wildman–Crippen LogP) is 1.04. The largest absolute Gasteiger partial charge is 0.466 e. The van der Waals surface area contributed by atoms with Gasteiger partial charge in [0.15, 0.2) is 5.56 Å². The van der Waals surface area contributed by atoms with Gasteiger partial charge in [-0.2, -0.15) is 0 Å². The second kappa shape index (κ2) is 7.36. The fourth-order valence-electron chi connectivity index (χ4n) is 0.577. The van der Waals surface area contributed by atoms with E-state index in [1.54, 1.807) is 0 Å². The maximum atomic E-state index is 11.1. The molecule has 0 aromatic heterocycles. The van der Waals surface area contributed by atoms with E-state index < -0.39 is 17.5 Å². The smallest absolute Gasteiger partial charge is 0.373 e. The van der Waals surface area contributed by atoms with Crippen LogP contribution in [0.15, 0.2) is 11.8 Å². The standard InChI is InChI=1S/C8H10Cl2O5/c1-13-7(11)3-5(8(12)14-2)15-6(10)4-9/h3,6H,4H2,1-2H3/b5-3+. The van der Waals surface area contributed by atoms with Crippen molar-refractivity contribution in [2.24, 2.45) is 0 Å². The first-order chi connectivity index (χ1) is 7.04. The molecule has 0 aromatic rings. The molecular weight excluding hydrogens is 247 g/mol. The highest BCUT2D eigenvalue weighted by molar-refractivity contribution is 6.27. The molecule has 0 fully saturated rings. The maximum Gasteiger partial charge on any atom is 0.373 e. The van der Waals surface area contributed by atoms with Gasteiger partial charge in [0.2, 0.25) is 5.76 Å². The number of carbonyl (C=O) groups excluding carboxylic acids is 2. The lowest BCUT2D eigenvalue weighted by molar-refractivity contribution is -0.142. The number of hydrogen-bond acceptors (Lipinski definition) is 5. The number of ether oxygens (including phenoxy) is 3. The molecule has 0 bridgehead atoms. The van der Waals surface area contributed by atoms with Crippen molar-refractivity contribution in [1.82, 2.24) is 0 Å². The molecule has 7 heteroatoms. The molecule has 0 saturated carbocycles. The summed E-state index contributed by atoms with van der Waals surface area (Å²) < 4.78 is 13.5. The van der Waals surface area contributed by atoms with Crippen molar-refractivity contribution in [1.29, 1.82) is 0 Å². The minimum atomic E-state index is -0.929. The Bertz CT molecular complexity index is 264. The molecule has 0 amide bonds. The molecule has 0 aromatic carbocycles. The molecule has 1 unspecified atom stereocenters. The first kappa shape index (κ1) is 14.1. The van der Waals surface area contributed by atoms with E-state index in [2.05, 4.69) is 9.47 Å². The van der Waals surface area contributed by atoms with Crippen LogP contribution in [0.5, 0.6) is 0 Å². The first-order valence-electron chi connectivity index (χ1n) is 3.79. The summed E-state index contributed by atoms with van der Waals surface area (Å²) in [6.45, 7) is 0. The maximum absolute atomic E-state index is 11.1. The van der Waals surface area contributed by atoms with Crippen molar-refractivity contribution in [3.8, 4) is 0 Å². The highest BCUT2D eigenvalue weighted by Gasteiger charge is 2.17. The molecule has 86 valence electrons. The fraction of sp³-hybridized carbons (Fsp3) is 0.500. The van der Waals surface area contributed by atoms with Crippen LogP contribution in [0.1, 0.15) is 0 Å². The molecule has 1 atom stereocenters. The van der Waals surface area contributed by atoms with E-state index in [0.717, 1.165) is 20.3 Å². The number of alkyl halides is 2. The van der Waals surface area contributed by atoms with Gasteiger partial charge in [-0.25, -0.2) is 9.59 Å². The minimum Gasteiger partial charge on any atom is -0.466 e. The van der Waals surface area contributed by atoms with Crippen LogP contribution in [0.2, 0.25) is 0 Å². The molecule has 0 rings (SSSR count). The zero-order valence-electron chi connectivity index (χ0n) is 8.16. The Kier molecular flexibility index (Phi) is 6.90. The number of esters is 2. The predicted molar refractivity (Wildman–Crippen MR) is 53.6 cm³/mol. The van der Waals surface area contributed by atoms with Gasteiger partial charge in [-0.3, -0.25) is 0 Å². The van der Waals surface area contributed by atoms with E-state index >= 15 is 0 Å². The summed E-state index contributed by atoms with van der Waals surface area (Å²) in [6.07, 6.45) is 0.827. The summed E-state index contributed by atoms with van der Waals surface area (Å²) in [6, 6.07) is 0. The molecule has 0 heterocycles. The van der Waals surface area contributed by atoms with Crippen LogP contribution < -0.4 is 0 Å². The highest BCUT2D eigenvalue weighted by atomic mass is 35.5. The lowest BCUT2D eigenvalue weighted by Crippen LogP contribution is -2.16. The first-order valence-corrected chi connectivity index (χ1v) is 4.76. The second-order valence-corrected chi connectivity index (χ2v) is 3.00. The molecule has 15 heavy (non-hydrogen) atoms. The van der Waals surface area contributed by atoms with Gasteiger partial charge in [-0.1, -0.05) is 11.6 Å². The number of methoxy groups -OCH3 is 2. The zero-order chi connectivity index (χ0) is 11.8. The molecular formula is C8H10Cl2O5. The Morgan fingerprint density at radius 3 is 2.33 bits per heavy atom. The van der Waals surface area contributed by atoms with Crippen LogP contribution in [-0.4, -0.2) is 37.6 Å². The van der Waals surface area contributed by atoms with Crippen molar-refractivity contribution >= 4 is 35.1 Å². The highest BCUT2D eigenvalue weighted by Crippen LogP contribution is 2.10. The van der Waals surface area contributed by atoms with E-state index in [1.165, 1.54) is 0 Å². The SMILES string of the molecule is COC(=O)/C=C(/OC(Cl)CCl)C(=O)OC. The third-order valence-corrected chi connectivity index (χ3v) is 1.89. The summed E-state index contributed by atoms with van der Waals surface area (Å²) in [5, 5.41) is 0. The number of hydrogen-bond donors (Lipinski definition) is 0. The summed E-state index contributed by atoms with van der Waals surface area (Å²) in [4.78, 5) is 21.9. The Morgan fingerprint density at radius 1 is 1.33 bits per heavy atom. The lowest BCUT2D eigenvalue weighted by Gasteiger charge is -2.10. The van der Waals surface area contributed by atoms with E-state index in [9.17, 15) is 9.59 Å². The van der Waals surface area contributed by atoms with Crippen molar-refractivity contribution in [2.45, 2.75) is 5.56 Å². The van der Waals surface area contributed by atoms with Crippen LogP contribution in [0.4, 0.5) is 0 Å². The van der Waals surface area contributed by atoms with Crippen LogP contribution in [-0.2, 0) is 23.8 Å². The molecule has 0 saturated heterocycles. The third kappa shape index (κ3) is 5.49. The van der Waals surface area contributed by atoms with Gasteiger partial charge in [0, 0.05) is 0 Å². The quantitative estimate of drug-likeness (QED) is 0.318. The van der Waals surface area contributed by atoms with Crippen molar-refractivity contribution in [2.75, 3.05) is 20.1 Å². The van der Waals surface area contributed by atoms with Gasteiger partial charge >= 0.3 is 11.9 Å². The minimum absolute atomic E-state index is 0.0446. The zero-order valence-corrected chi connectivity index (χ0v) is 9.67.